The molecule has 35 heavy (non-hydrogen) atoms. The fourth-order valence-electron chi connectivity index (χ4n) is 3.69. The third-order valence-corrected chi connectivity index (χ3v) is 8.30. The molecule has 12 nitrogen and oxygen atoms in total. The summed E-state index contributed by atoms with van der Waals surface area (Å²) in [4.78, 5) is 38.7. The van der Waals surface area contributed by atoms with Gasteiger partial charge in [0.15, 0.2) is 11.8 Å². The largest absolute Gasteiger partial charge is 0.477 e. The van der Waals surface area contributed by atoms with Crippen molar-refractivity contribution in [2.45, 2.75) is 22.5 Å². The Balaban J connectivity index is 1.28. The Hall–Kier alpha value is -3.01. The van der Waals surface area contributed by atoms with Crippen LogP contribution in [0.4, 0.5) is 0 Å². The number of nitrogens with zero attached hydrogens (tertiary/aromatic N) is 6. The van der Waals surface area contributed by atoms with Crippen molar-refractivity contribution in [1.29, 1.82) is 0 Å². The number of hydrogen-bond acceptors (Lipinski definition) is 10. The number of carboxylic acid groups (broad SMARTS) is 1. The van der Waals surface area contributed by atoms with Gasteiger partial charge >= 0.3 is 5.97 Å². The molecule has 0 aliphatic carbocycles. The number of aliphatic hydroxyl groups excluding tert-OH is 1. The molecule has 15 heteroatoms. The Morgan fingerprint density at radius 1 is 1.26 bits per heavy atom. The number of amides is 2. The Morgan fingerprint density at radius 3 is 2.77 bits per heavy atom. The van der Waals surface area contributed by atoms with Crippen molar-refractivity contribution in [3.8, 4) is 0 Å². The van der Waals surface area contributed by atoms with Gasteiger partial charge in [-0.05, 0) is 45.8 Å². The van der Waals surface area contributed by atoms with Gasteiger partial charge in [-0.2, -0.15) is 0 Å². The number of fused-ring (bicyclic) bond motifs is 2. The Morgan fingerprint density at radius 2 is 2.03 bits per heavy atom. The summed E-state index contributed by atoms with van der Waals surface area (Å²) in [5, 5.41) is 38.1. The predicted molar refractivity (Wildman–Crippen MR) is 128 cm³/mol. The highest BCUT2D eigenvalue weighted by Crippen LogP contribution is 2.41. The molecular formula is C20H16BrN7O5S2. The number of hydrogen-bond donors (Lipinski definition) is 3. The van der Waals surface area contributed by atoms with E-state index in [9.17, 15) is 24.6 Å². The van der Waals surface area contributed by atoms with Gasteiger partial charge in [0, 0.05) is 16.0 Å². The molecular weight excluding hydrogens is 562 g/mol. The summed E-state index contributed by atoms with van der Waals surface area (Å²) in [6, 6.07) is 9.08. The lowest BCUT2D eigenvalue weighted by atomic mass is 10.0. The SMILES string of the molecule is O=C(O)C1=C(CSc2ccc3nnnn3n2)CS[C@H]2C(NC(=O)C(O)c3ccc(Br)cc3)C(=O)N12. The van der Waals surface area contributed by atoms with Crippen LogP contribution in [0.15, 0.2) is 57.2 Å². The van der Waals surface area contributed by atoms with E-state index in [4.69, 9.17) is 0 Å². The summed E-state index contributed by atoms with van der Waals surface area (Å²) in [6.07, 6.45) is -1.45. The number of aliphatic carboxylic acids is 1. The topological polar surface area (TPSA) is 163 Å². The van der Waals surface area contributed by atoms with E-state index in [0.717, 1.165) is 4.47 Å². The average molecular weight is 578 g/mol. The average Bonchev–Trinajstić information content (AvgIpc) is 3.33. The molecule has 0 radical (unpaired) electrons. The highest BCUT2D eigenvalue weighted by Gasteiger charge is 2.54. The second-order valence-electron chi connectivity index (χ2n) is 7.59. The number of thioether (sulfide) groups is 2. The molecule has 3 aromatic rings. The zero-order valence-electron chi connectivity index (χ0n) is 17.6. The van der Waals surface area contributed by atoms with Gasteiger partial charge in [0.2, 0.25) is 0 Å². The summed E-state index contributed by atoms with van der Waals surface area (Å²) in [6.45, 7) is 0. The first-order valence-electron chi connectivity index (χ1n) is 10.2. The molecule has 1 saturated heterocycles. The lowest BCUT2D eigenvalue weighted by Crippen LogP contribution is -2.70. The Labute approximate surface area is 214 Å². The number of halogens is 1. The van der Waals surface area contributed by atoms with Crippen molar-refractivity contribution in [2.24, 2.45) is 0 Å². The first-order chi connectivity index (χ1) is 16.8. The number of nitrogens with one attached hydrogen (secondary N) is 1. The van der Waals surface area contributed by atoms with E-state index < -0.39 is 35.3 Å². The minimum atomic E-state index is -1.45. The van der Waals surface area contributed by atoms with Crippen molar-refractivity contribution in [2.75, 3.05) is 11.5 Å². The van der Waals surface area contributed by atoms with E-state index in [2.05, 4.69) is 41.9 Å². The standard InChI is InChI=1S/C20H16BrN7O5S2/c21-11-3-1-9(2-4-11)16(29)17(30)22-14-18(31)27-15(20(32)33)10(8-35-19(14)27)7-34-13-6-5-12-23-25-26-28(12)24-13/h1-6,14,16,19,29H,7-8H2,(H,22,30)(H,32,33)/t14?,16?,19-/m0/s1. The number of rotatable bonds is 7. The van der Waals surface area contributed by atoms with Gasteiger partial charge < -0.3 is 15.5 Å². The number of aromatic nitrogens is 5. The Kier molecular flexibility index (Phi) is 6.48. The molecule has 2 unspecified atom stereocenters. The molecule has 1 aromatic carbocycles. The zero-order valence-corrected chi connectivity index (χ0v) is 20.8. The monoisotopic (exact) mass is 577 g/mol. The first kappa shape index (κ1) is 23.7. The van der Waals surface area contributed by atoms with Crippen LogP contribution >= 0.6 is 39.5 Å². The summed E-state index contributed by atoms with van der Waals surface area (Å²) in [5.41, 5.74) is 1.34. The third-order valence-electron chi connectivity index (χ3n) is 5.42. The molecule has 1 fully saturated rings. The zero-order chi connectivity index (χ0) is 24.7. The molecule has 2 aliphatic heterocycles. The van der Waals surface area contributed by atoms with Gasteiger partial charge in [-0.3, -0.25) is 14.5 Å². The highest BCUT2D eigenvalue weighted by atomic mass is 79.9. The summed E-state index contributed by atoms with van der Waals surface area (Å²) >= 11 is 5.95. The van der Waals surface area contributed by atoms with Crippen molar-refractivity contribution in [3.63, 3.8) is 0 Å². The van der Waals surface area contributed by atoms with Gasteiger partial charge in [-0.15, -0.1) is 38.4 Å². The molecule has 5 rings (SSSR count). The molecule has 180 valence electrons. The number of β-lactam (4-membered cyclic amide) rings is 1. The second-order valence-corrected chi connectivity index (χ2v) is 10.6. The first-order valence-corrected chi connectivity index (χ1v) is 13.0. The van der Waals surface area contributed by atoms with E-state index in [-0.39, 0.29) is 5.70 Å². The molecule has 4 heterocycles. The van der Waals surface area contributed by atoms with E-state index in [1.54, 1.807) is 36.4 Å². The number of aliphatic hydroxyl groups is 1. The van der Waals surface area contributed by atoms with Gasteiger partial charge in [0.1, 0.15) is 22.1 Å². The van der Waals surface area contributed by atoms with E-state index in [1.807, 2.05) is 0 Å². The van der Waals surface area contributed by atoms with Crippen molar-refractivity contribution >= 4 is 62.9 Å². The van der Waals surface area contributed by atoms with E-state index in [0.29, 0.717) is 33.3 Å². The fraction of sp³-hybridized carbons (Fsp3) is 0.250. The van der Waals surface area contributed by atoms with Crippen molar-refractivity contribution in [1.82, 2.24) is 35.5 Å². The fourth-order valence-corrected chi connectivity index (χ4v) is 6.29. The van der Waals surface area contributed by atoms with Gasteiger partial charge in [-0.1, -0.05) is 28.1 Å². The third kappa shape index (κ3) is 4.51. The number of tetrazole rings is 1. The van der Waals surface area contributed by atoms with E-state index >= 15 is 0 Å². The van der Waals surface area contributed by atoms with Crippen molar-refractivity contribution in [3.05, 3.63) is 57.7 Å². The molecule has 2 amide bonds. The quantitative estimate of drug-likeness (QED) is 0.269. The maximum absolute atomic E-state index is 12.9. The van der Waals surface area contributed by atoms with Crippen LogP contribution in [0.3, 0.4) is 0 Å². The predicted octanol–water partition coefficient (Wildman–Crippen LogP) is 0.846. The van der Waals surface area contributed by atoms with Crippen LogP contribution in [-0.2, 0) is 14.4 Å². The lowest BCUT2D eigenvalue weighted by molar-refractivity contribution is -0.151. The molecule has 0 spiro atoms. The van der Waals surface area contributed by atoms with Crippen LogP contribution in [0.1, 0.15) is 11.7 Å². The van der Waals surface area contributed by atoms with Gasteiger partial charge in [-0.25, -0.2) is 4.79 Å². The normalized spacial score (nSPS) is 20.4. The van der Waals surface area contributed by atoms with E-state index in [1.165, 1.54) is 33.1 Å². The molecule has 3 N–H and O–H groups in total. The number of carbonyl (C=O) groups is 3. The van der Waals surface area contributed by atoms with Crippen LogP contribution in [0.5, 0.6) is 0 Å². The maximum atomic E-state index is 12.9. The van der Waals surface area contributed by atoms with Gasteiger partial charge in [0.05, 0.1) is 0 Å². The van der Waals surface area contributed by atoms with Crippen LogP contribution in [0.2, 0.25) is 0 Å². The summed E-state index contributed by atoms with van der Waals surface area (Å²) in [7, 11) is 0. The molecule has 0 bridgehead atoms. The molecule has 2 aliphatic rings. The lowest BCUT2D eigenvalue weighted by Gasteiger charge is -2.49. The molecule has 3 atom stereocenters. The molecule has 2 aromatic heterocycles. The van der Waals surface area contributed by atoms with Crippen LogP contribution in [0, 0.1) is 0 Å². The summed E-state index contributed by atoms with van der Waals surface area (Å²) in [5.74, 6) is -1.82. The minimum absolute atomic E-state index is 0.0892. The maximum Gasteiger partial charge on any atom is 0.352 e. The number of carboxylic acids is 1. The van der Waals surface area contributed by atoms with Crippen LogP contribution in [0.25, 0.3) is 5.65 Å². The van der Waals surface area contributed by atoms with Crippen LogP contribution in [-0.4, -0.2) is 81.1 Å². The van der Waals surface area contributed by atoms with Crippen molar-refractivity contribution < 1.29 is 24.6 Å². The minimum Gasteiger partial charge on any atom is -0.477 e. The Bertz CT molecular complexity index is 1370. The van der Waals surface area contributed by atoms with Crippen LogP contribution < -0.4 is 5.32 Å². The van der Waals surface area contributed by atoms with Gasteiger partial charge in [0.25, 0.3) is 11.8 Å². The number of carbonyl (C=O) groups excluding carboxylic acids is 2. The highest BCUT2D eigenvalue weighted by molar-refractivity contribution is 9.10. The smallest absolute Gasteiger partial charge is 0.352 e. The second kappa shape index (κ2) is 9.56. The molecule has 0 saturated carbocycles. The number of benzene rings is 1. The summed E-state index contributed by atoms with van der Waals surface area (Å²) < 4.78 is 2.07.